The summed E-state index contributed by atoms with van der Waals surface area (Å²) in [6, 6.07) is 3.79. The highest BCUT2D eigenvalue weighted by Gasteiger charge is 2.16. The summed E-state index contributed by atoms with van der Waals surface area (Å²) in [6.45, 7) is 1.51. The molecule has 0 radical (unpaired) electrons. The summed E-state index contributed by atoms with van der Waals surface area (Å²) in [5.41, 5.74) is 5.66. The van der Waals surface area contributed by atoms with E-state index in [0.29, 0.717) is 11.3 Å². The first-order chi connectivity index (χ1) is 11.4. The molecule has 0 fully saturated rings. The van der Waals surface area contributed by atoms with Crippen LogP contribution >= 0.6 is 11.3 Å². The number of imide groups is 1. The van der Waals surface area contributed by atoms with Crippen LogP contribution in [0.3, 0.4) is 0 Å². The molecule has 0 aliphatic rings. The average molecular weight is 350 g/mol. The molecule has 0 unspecified atom stereocenters. The fourth-order valence-electron chi connectivity index (χ4n) is 1.84. The summed E-state index contributed by atoms with van der Waals surface area (Å²) < 4.78 is 13.9. The molecule has 0 aliphatic heterocycles. The third kappa shape index (κ3) is 4.53. The van der Waals surface area contributed by atoms with Crippen LogP contribution in [-0.4, -0.2) is 23.9 Å². The predicted octanol–water partition coefficient (Wildman–Crippen LogP) is 2.13. The van der Waals surface area contributed by atoms with Crippen LogP contribution in [0.4, 0.5) is 20.6 Å². The average Bonchev–Trinajstić information content (AvgIpc) is 3.04. The first kappa shape index (κ1) is 17.4. The van der Waals surface area contributed by atoms with Gasteiger partial charge in [-0.15, -0.1) is 0 Å². The highest BCUT2D eigenvalue weighted by Crippen LogP contribution is 2.21. The zero-order valence-corrected chi connectivity index (χ0v) is 13.4. The number of hydrogen-bond donors (Lipinski definition) is 4. The summed E-state index contributed by atoms with van der Waals surface area (Å²) >= 11 is 1.35. The lowest BCUT2D eigenvalue weighted by Crippen LogP contribution is -2.43. The van der Waals surface area contributed by atoms with E-state index in [0.717, 1.165) is 6.07 Å². The van der Waals surface area contributed by atoms with Crippen LogP contribution in [0, 0.1) is 5.82 Å². The van der Waals surface area contributed by atoms with Crippen LogP contribution in [0.2, 0.25) is 0 Å². The van der Waals surface area contributed by atoms with Crippen molar-refractivity contribution >= 4 is 40.6 Å². The number of carbonyl (C=O) groups excluding carboxylic acids is 3. The number of anilines is 2. The minimum Gasteiger partial charge on any atom is -0.374 e. The molecule has 126 valence electrons. The molecule has 7 nitrogen and oxygen atoms in total. The largest absolute Gasteiger partial charge is 0.374 e. The van der Waals surface area contributed by atoms with Gasteiger partial charge in [0.05, 0.1) is 11.3 Å². The number of hydrogen-bond acceptors (Lipinski definition) is 5. The van der Waals surface area contributed by atoms with Gasteiger partial charge in [-0.3, -0.25) is 14.9 Å². The fraction of sp³-hybridized carbons (Fsp3) is 0.133. The molecule has 0 saturated carbocycles. The van der Waals surface area contributed by atoms with Crippen molar-refractivity contribution < 1.29 is 18.8 Å². The third-order valence-electron chi connectivity index (χ3n) is 3.02. The van der Waals surface area contributed by atoms with E-state index in [2.05, 4.69) is 10.6 Å². The Balaban J connectivity index is 2.09. The summed E-state index contributed by atoms with van der Waals surface area (Å²) in [4.78, 5) is 34.3. The smallest absolute Gasteiger partial charge is 0.318 e. The van der Waals surface area contributed by atoms with Gasteiger partial charge in [0.15, 0.2) is 0 Å². The van der Waals surface area contributed by atoms with Crippen LogP contribution < -0.4 is 21.7 Å². The second-order valence-electron chi connectivity index (χ2n) is 4.88. The van der Waals surface area contributed by atoms with Gasteiger partial charge in [0.2, 0.25) is 5.91 Å². The zero-order chi connectivity index (χ0) is 17.7. The van der Waals surface area contributed by atoms with Crippen molar-refractivity contribution in [2.45, 2.75) is 13.0 Å². The van der Waals surface area contributed by atoms with Crippen molar-refractivity contribution in [3.05, 3.63) is 46.4 Å². The highest BCUT2D eigenvalue weighted by atomic mass is 32.1. The van der Waals surface area contributed by atoms with E-state index in [1.807, 2.05) is 5.32 Å². The summed E-state index contributed by atoms with van der Waals surface area (Å²) in [5, 5.41) is 10.6. The van der Waals surface area contributed by atoms with E-state index in [1.165, 1.54) is 30.4 Å². The van der Waals surface area contributed by atoms with E-state index < -0.39 is 29.7 Å². The van der Waals surface area contributed by atoms with Crippen LogP contribution in [0.25, 0.3) is 0 Å². The Bertz CT molecular complexity index is 764. The van der Waals surface area contributed by atoms with Gasteiger partial charge in [0.25, 0.3) is 5.91 Å². The molecule has 1 atom stereocenters. The maximum Gasteiger partial charge on any atom is 0.318 e. The van der Waals surface area contributed by atoms with Gasteiger partial charge in [0.1, 0.15) is 11.9 Å². The monoisotopic (exact) mass is 350 g/mol. The molecule has 4 amide bonds. The van der Waals surface area contributed by atoms with Crippen LogP contribution in [0.5, 0.6) is 0 Å². The van der Waals surface area contributed by atoms with E-state index in [4.69, 9.17) is 5.73 Å². The Morgan fingerprint density at radius 3 is 2.62 bits per heavy atom. The van der Waals surface area contributed by atoms with Crippen molar-refractivity contribution in [2.24, 2.45) is 5.73 Å². The summed E-state index contributed by atoms with van der Waals surface area (Å²) in [7, 11) is 0. The second-order valence-corrected chi connectivity index (χ2v) is 5.66. The number of nitrogens with one attached hydrogen (secondary N) is 3. The minimum atomic E-state index is -0.962. The summed E-state index contributed by atoms with van der Waals surface area (Å²) in [6.07, 6.45) is 0. The lowest BCUT2D eigenvalue weighted by Gasteiger charge is -2.15. The Kier molecular flexibility index (Phi) is 5.48. The summed E-state index contributed by atoms with van der Waals surface area (Å²) in [5.74, 6) is -1.68. The minimum absolute atomic E-state index is 0.0290. The highest BCUT2D eigenvalue weighted by molar-refractivity contribution is 7.08. The Morgan fingerprint density at radius 2 is 2.00 bits per heavy atom. The zero-order valence-electron chi connectivity index (χ0n) is 12.6. The molecule has 0 bridgehead atoms. The van der Waals surface area contributed by atoms with Gasteiger partial charge < -0.3 is 16.4 Å². The fourth-order valence-corrected chi connectivity index (χ4v) is 2.48. The number of thiophene rings is 1. The van der Waals surface area contributed by atoms with Crippen molar-refractivity contribution in [3.8, 4) is 0 Å². The molecule has 0 aliphatic carbocycles. The molecular formula is C15H15FN4O3S. The third-order valence-corrected chi connectivity index (χ3v) is 3.70. The molecule has 0 saturated heterocycles. The number of urea groups is 1. The maximum atomic E-state index is 13.9. The van der Waals surface area contributed by atoms with Crippen molar-refractivity contribution in [1.29, 1.82) is 0 Å². The van der Waals surface area contributed by atoms with E-state index in [1.54, 1.807) is 16.8 Å². The molecule has 1 aromatic heterocycles. The molecule has 5 N–H and O–H groups in total. The number of primary amides is 1. The Hall–Kier alpha value is -2.94. The second kappa shape index (κ2) is 7.55. The van der Waals surface area contributed by atoms with Crippen molar-refractivity contribution in [2.75, 3.05) is 10.6 Å². The molecule has 2 aromatic rings. The Morgan fingerprint density at radius 1 is 1.25 bits per heavy atom. The van der Waals surface area contributed by atoms with Gasteiger partial charge in [-0.2, -0.15) is 11.3 Å². The topological polar surface area (TPSA) is 113 Å². The lowest BCUT2D eigenvalue weighted by atomic mass is 10.2. The number of halogens is 1. The van der Waals surface area contributed by atoms with Crippen LogP contribution in [-0.2, 0) is 4.79 Å². The maximum absolute atomic E-state index is 13.9. The Labute approximate surface area is 141 Å². The molecule has 24 heavy (non-hydrogen) atoms. The van der Waals surface area contributed by atoms with Gasteiger partial charge >= 0.3 is 6.03 Å². The number of carbonyl (C=O) groups is 3. The van der Waals surface area contributed by atoms with E-state index in [-0.39, 0.29) is 5.69 Å². The van der Waals surface area contributed by atoms with E-state index >= 15 is 0 Å². The molecule has 0 spiro atoms. The molecule has 1 heterocycles. The predicted molar refractivity (Wildman–Crippen MR) is 89.5 cm³/mol. The normalized spacial score (nSPS) is 11.4. The van der Waals surface area contributed by atoms with Crippen LogP contribution in [0.1, 0.15) is 17.3 Å². The molecule has 2 rings (SSSR count). The lowest BCUT2D eigenvalue weighted by molar-refractivity contribution is -0.120. The van der Waals surface area contributed by atoms with Gasteiger partial charge in [0, 0.05) is 11.1 Å². The number of rotatable bonds is 5. The van der Waals surface area contributed by atoms with Gasteiger partial charge in [-0.1, -0.05) is 0 Å². The van der Waals surface area contributed by atoms with Gasteiger partial charge in [-0.05, 0) is 36.6 Å². The van der Waals surface area contributed by atoms with Crippen molar-refractivity contribution in [1.82, 2.24) is 5.32 Å². The molecule has 9 heteroatoms. The molecular weight excluding hydrogens is 335 g/mol. The standard InChI is InChI=1S/C15H15FN4O3S/c1-8(13(21)20-15(17)23)18-10-2-3-11(16)12(6-10)19-14(22)9-4-5-24-7-9/h2-8,18H,1H3,(H,19,22)(H3,17,20,21,23)/t8-/m1/s1. The van der Waals surface area contributed by atoms with E-state index in [9.17, 15) is 18.8 Å². The first-order valence-corrected chi connectivity index (χ1v) is 7.81. The number of amides is 4. The quantitative estimate of drug-likeness (QED) is 0.661. The van der Waals surface area contributed by atoms with Crippen LogP contribution in [0.15, 0.2) is 35.0 Å². The van der Waals surface area contributed by atoms with Gasteiger partial charge in [-0.25, -0.2) is 9.18 Å². The molecule has 1 aromatic carbocycles. The number of nitrogens with two attached hydrogens (primary N) is 1. The number of benzene rings is 1. The first-order valence-electron chi connectivity index (χ1n) is 6.86. The van der Waals surface area contributed by atoms with Crippen molar-refractivity contribution in [3.63, 3.8) is 0 Å². The SMILES string of the molecule is C[C@@H](Nc1ccc(F)c(NC(=O)c2ccsc2)c1)C(=O)NC(N)=O.